The number of hydrogen-bond acceptors (Lipinski definition) is 1. The fourth-order valence-electron chi connectivity index (χ4n) is 2.95. The van der Waals surface area contributed by atoms with Crippen LogP contribution in [0.2, 0.25) is 10.0 Å². The third-order valence-corrected chi connectivity index (χ3v) is 4.65. The van der Waals surface area contributed by atoms with E-state index in [2.05, 4.69) is 35.6 Å². The molecule has 20 heavy (non-hydrogen) atoms. The van der Waals surface area contributed by atoms with Gasteiger partial charge in [0.2, 0.25) is 0 Å². The van der Waals surface area contributed by atoms with E-state index in [1.54, 1.807) is 0 Å². The minimum absolute atomic E-state index is 0. The molecule has 2 aromatic carbocycles. The van der Waals surface area contributed by atoms with Crippen molar-refractivity contribution in [3.05, 3.63) is 69.2 Å². The lowest BCUT2D eigenvalue weighted by Crippen LogP contribution is -2.13. The molecule has 0 radical (unpaired) electrons. The zero-order valence-electron chi connectivity index (χ0n) is 11.1. The van der Waals surface area contributed by atoms with Crippen molar-refractivity contribution >= 4 is 35.6 Å². The molecule has 0 heterocycles. The molecule has 0 fully saturated rings. The maximum atomic E-state index is 6.14. The molecular weight excluding hydrogens is 313 g/mol. The third-order valence-electron chi connectivity index (χ3n) is 3.91. The molecule has 0 saturated carbocycles. The van der Waals surface area contributed by atoms with Gasteiger partial charge in [-0.1, -0.05) is 53.5 Å². The lowest BCUT2D eigenvalue weighted by atomic mass is 9.93. The van der Waals surface area contributed by atoms with Gasteiger partial charge < -0.3 is 5.32 Å². The Balaban J connectivity index is 0.00000147. The van der Waals surface area contributed by atoms with E-state index in [0.29, 0.717) is 22.0 Å². The highest BCUT2D eigenvalue weighted by atomic mass is 35.5. The zero-order valence-corrected chi connectivity index (χ0v) is 13.4. The second-order valence-electron chi connectivity index (χ2n) is 4.93. The molecule has 0 bridgehead atoms. The van der Waals surface area contributed by atoms with Gasteiger partial charge in [0, 0.05) is 12.0 Å². The highest BCUT2D eigenvalue weighted by Crippen LogP contribution is 2.44. The maximum Gasteiger partial charge on any atom is 0.0595 e. The molecule has 1 aliphatic rings. The van der Waals surface area contributed by atoms with Crippen molar-refractivity contribution in [2.75, 3.05) is 7.05 Å². The molecule has 0 amide bonds. The van der Waals surface area contributed by atoms with E-state index in [9.17, 15) is 0 Å². The van der Waals surface area contributed by atoms with Crippen LogP contribution < -0.4 is 5.32 Å². The van der Waals surface area contributed by atoms with Crippen LogP contribution in [-0.4, -0.2) is 7.05 Å². The van der Waals surface area contributed by atoms with Crippen molar-refractivity contribution in [1.29, 1.82) is 0 Å². The first-order valence-corrected chi connectivity index (χ1v) is 7.17. The molecule has 0 spiro atoms. The van der Waals surface area contributed by atoms with Crippen LogP contribution in [0, 0.1) is 0 Å². The summed E-state index contributed by atoms with van der Waals surface area (Å²) in [6, 6.07) is 15.0. The lowest BCUT2D eigenvalue weighted by Gasteiger charge is -2.13. The average molecular weight is 329 g/mol. The van der Waals surface area contributed by atoms with Crippen molar-refractivity contribution in [2.45, 2.75) is 18.4 Å². The van der Waals surface area contributed by atoms with E-state index in [-0.39, 0.29) is 12.4 Å². The second kappa shape index (κ2) is 6.36. The second-order valence-corrected chi connectivity index (χ2v) is 5.75. The molecule has 2 atom stereocenters. The van der Waals surface area contributed by atoms with Gasteiger partial charge in [-0.25, -0.2) is 0 Å². The van der Waals surface area contributed by atoms with E-state index in [1.165, 1.54) is 16.7 Å². The largest absolute Gasteiger partial charge is 0.313 e. The van der Waals surface area contributed by atoms with E-state index < -0.39 is 0 Å². The highest BCUT2D eigenvalue weighted by Gasteiger charge is 2.30. The van der Waals surface area contributed by atoms with E-state index in [1.807, 2.05) is 19.2 Å². The van der Waals surface area contributed by atoms with Gasteiger partial charge in [0.05, 0.1) is 10.0 Å². The minimum atomic E-state index is 0. The average Bonchev–Trinajstić information content (AvgIpc) is 2.81. The predicted octanol–water partition coefficient (Wildman–Crippen LogP) is 5.21. The monoisotopic (exact) mass is 327 g/mol. The molecule has 4 heteroatoms. The molecule has 0 saturated heterocycles. The van der Waals surface area contributed by atoms with Crippen LogP contribution in [-0.2, 0) is 0 Å². The summed E-state index contributed by atoms with van der Waals surface area (Å²) in [5, 5.41) is 4.63. The van der Waals surface area contributed by atoms with Crippen LogP contribution in [0.1, 0.15) is 35.1 Å². The number of nitrogens with one attached hydrogen (secondary N) is 1. The first kappa shape index (κ1) is 15.7. The third kappa shape index (κ3) is 2.68. The van der Waals surface area contributed by atoms with Crippen LogP contribution in [0.4, 0.5) is 0 Å². The van der Waals surface area contributed by atoms with Crippen LogP contribution in [0.15, 0.2) is 42.5 Å². The fraction of sp³-hybridized carbons (Fsp3) is 0.250. The topological polar surface area (TPSA) is 12.0 Å². The summed E-state index contributed by atoms with van der Waals surface area (Å²) < 4.78 is 0. The summed E-state index contributed by atoms with van der Waals surface area (Å²) in [6.45, 7) is 0. The Kier molecular flexibility index (Phi) is 4.98. The van der Waals surface area contributed by atoms with Crippen molar-refractivity contribution in [3.8, 4) is 0 Å². The fourth-order valence-corrected chi connectivity index (χ4v) is 3.26. The van der Waals surface area contributed by atoms with Crippen molar-refractivity contribution in [3.63, 3.8) is 0 Å². The van der Waals surface area contributed by atoms with E-state index in [0.717, 1.165) is 6.42 Å². The van der Waals surface area contributed by atoms with Crippen LogP contribution in [0.3, 0.4) is 0 Å². The van der Waals surface area contributed by atoms with Crippen molar-refractivity contribution in [2.24, 2.45) is 0 Å². The van der Waals surface area contributed by atoms with Gasteiger partial charge in [0.25, 0.3) is 0 Å². The molecular formula is C16H16Cl3N. The number of benzene rings is 2. The minimum Gasteiger partial charge on any atom is -0.313 e. The molecule has 2 aromatic rings. The predicted molar refractivity (Wildman–Crippen MR) is 88.4 cm³/mol. The summed E-state index contributed by atoms with van der Waals surface area (Å²) in [7, 11) is 2.01. The van der Waals surface area contributed by atoms with E-state index in [4.69, 9.17) is 23.2 Å². The van der Waals surface area contributed by atoms with Gasteiger partial charge in [-0.3, -0.25) is 0 Å². The molecule has 106 valence electrons. The summed E-state index contributed by atoms with van der Waals surface area (Å²) in [6.07, 6.45) is 1.06. The number of fused-ring (bicyclic) bond motifs is 1. The normalized spacial score (nSPS) is 20.4. The molecule has 1 nitrogen and oxygen atoms in total. The Morgan fingerprint density at radius 1 is 1.00 bits per heavy atom. The van der Waals surface area contributed by atoms with E-state index >= 15 is 0 Å². The van der Waals surface area contributed by atoms with Gasteiger partial charge in [-0.2, -0.15) is 0 Å². The van der Waals surface area contributed by atoms with Gasteiger partial charge >= 0.3 is 0 Å². The van der Waals surface area contributed by atoms with Gasteiger partial charge in [-0.05, 0) is 42.3 Å². The Bertz CT molecular complexity index is 612. The summed E-state index contributed by atoms with van der Waals surface area (Å²) >= 11 is 12.1. The number of rotatable bonds is 2. The Hall–Kier alpha value is -0.730. The molecule has 1 aliphatic carbocycles. The van der Waals surface area contributed by atoms with Gasteiger partial charge in [0.15, 0.2) is 0 Å². The Morgan fingerprint density at radius 2 is 1.70 bits per heavy atom. The van der Waals surface area contributed by atoms with Crippen molar-refractivity contribution < 1.29 is 0 Å². The molecule has 0 aromatic heterocycles. The molecule has 1 N–H and O–H groups in total. The summed E-state index contributed by atoms with van der Waals surface area (Å²) in [5.41, 5.74) is 4.01. The first-order valence-electron chi connectivity index (χ1n) is 6.41. The van der Waals surface area contributed by atoms with Crippen molar-refractivity contribution in [1.82, 2.24) is 5.32 Å². The first-order chi connectivity index (χ1) is 9.20. The lowest BCUT2D eigenvalue weighted by molar-refractivity contribution is 0.564. The summed E-state index contributed by atoms with van der Waals surface area (Å²) in [4.78, 5) is 0. The standard InChI is InChI=1S/C16H15Cl2N.ClH/c1-19-16-9-13(11-4-2-3-5-12(11)16)10-6-7-14(17)15(18)8-10;/h2-8,13,16,19H,9H2,1H3;1H/t13-,16-;/m0./s1. The highest BCUT2D eigenvalue weighted by molar-refractivity contribution is 6.42. The van der Waals surface area contributed by atoms with Crippen LogP contribution in [0.5, 0.6) is 0 Å². The zero-order chi connectivity index (χ0) is 13.4. The van der Waals surface area contributed by atoms with Crippen LogP contribution >= 0.6 is 35.6 Å². The molecule has 0 unspecified atom stereocenters. The number of halogens is 3. The quantitative estimate of drug-likeness (QED) is 0.798. The number of hydrogen-bond donors (Lipinski definition) is 1. The smallest absolute Gasteiger partial charge is 0.0595 e. The van der Waals surface area contributed by atoms with Crippen LogP contribution in [0.25, 0.3) is 0 Å². The van der Waals surface area contributed by atoms with Gasteiger partial charge in [-0.15, -0.1) is 12.4 Å². The Morgan fingerprint density at radius 3 is 2.35 bits per heavy atom. The van der Waals surface area contributed by atoms with Gasteiger partial charge in [0.1, 0.15) is 0 Å². The molecule has 0 aliphatic heterocycles. The summed E-state index contributed by atoms with van der Waals surface area (Å²) in [5.74, 6) is 0.392. The maximum absolute atomic E-state index is 6.14. The SMILES string of the molecule is CN[C@H]1C[C@@H](c2ccc(Cl)c(Cl)c2)c2ccccc21.Cl. The Labute approximate surface area is 135 Å². The molecule has 3 rings (SSSR count).